The molecule has 0 aromatic carbocycles. The Labute approximate surface area is 89.4 Å². The van der Waals surface area contributed by atoms with Crippen molar-refractivity contribution in [2.45, 2.75) is 26.3 Å². The van der Waals surface area contributed by atoms with Crippen molar-refractivity contribution in [1.29, 1.82) is 0 Å². The molecule has 84 valence electrons. The fourth-order valence-corrected chi connectivity index (χ4v) is 1.55. The number of carbonyl (C=O) groups excluding carboxylic acids is 1. The van der Waals surface area contributed by atoms with E-state index >= 15 is 0 Å². The van der Waals surface area contributed by atoms with E-state index in [0.717, 1.165) is 5.76 Å². The predicted octanol–water partition coefficient (Wildman–Crippen LogP) is 1.79. The van der Waals surface area contributed by atoms with E-state index in [0.29, 0.717) is 12.2 Å². The average Bonchev–Trinajstić information content (AvgIpc) is 2.65. The first-order chi connectivity index (χ1) is 7.10. The maximum Gasteiger partial charge on any atom is 0.310 e. The topological polar surface area (TPSA) is 65.5 Å². The summed E-state index contributed by atoms with van der Waals surface area (Å²) in [6.07, 6.45) is 0.633. The number of hydrogen-bond donors (Lipinski definition) is 1. The minimum absolute atomic E-state index is 0.293. The minimum atomic E-state index is -0.434. The first-order valence-corrected chi connectivity index (χ1v) is 4.99. The lowest BCUT2D eigenvalue weighted by Gasteiger charge is -2.18. The number of furan rings is 1. The lowest BCUT2D eigenvalue weighted by atomic mass is 9.96. The number of nitrogens with two attached hydrogens (primary N) is 1. The van der Waals surface area contributed by atoms with Crippen LogP contribution < -0.4 is 5.73 Å². The highest BCUT2D eigenvalue weighted by Crippen LogP contribution is 2.24. The predicted molar refractivity (Wildman–Crippen MR) is 56.2 cm³/mol. The Hall–Kier alpha value is -1.29. The Kier molecular flexibility index (Phi) is 3.91. The van der Waals surface area contributed by atoms with E-state index in [1.807, 2.05) is 19.9 Å². The van der Waals surface area contributed by atoms with E-state index in [1.54, 1.807) is 6.07 Å². The van der Waals surface area contributed by atoms with Crippen LogP contribution in [0.1, 0.15) is 30.9 Å². The van der Waals surface area contributed by atoms with Crippen molar-refractivity contribution in [2.24, 2.45) is 11.7 Å². The molecule has 0 aliphatic heterocycles. The van der Waals surface area contributed by atoms with Gasteiger partial charge in [-0.1, -0.05) is 6.92 Å². The Morgan fingerprint density at radius 1 is 1.60 bits per heavy atom. The molecule has 0 spiro atoms. The number of hydrogen-bond acceptors (Lipinski definition) is 4. The van der Waals surface area contributed by atoms with Crippen molar-refractivity contribution in [2.75, 3.05) is 7.11 Å². The van der Waals surface area contributed by atoms with Gasteiger partial charge < -0.3 is 14.9 Å². The zero-order chi connectivity index (χ0) is 11.4. The first kappa shape index (κ1) is 11.8. The highest BCUT2D eigenvalue weighted by atomic mass is 16.5. The maximum absolute atomic E-state index is 11.4. The van der Waals surface area contributed by atoms with Crippen LogP contribution in [0.25, 0.3) is 0 Å². The molecule has 2 atom stereocenters. The Balaban J connectivity index is 2.81. The fourth-order valence-electron chi connectivity index (χ4n) is 1.55. The summed E-state index contributed by atoms with van der Waals surface area (Å²) in [5.74, 6) is 0.782. The summed E-state index contributed by atoms with van der Waals surface area (Å²) in [5, 5.41) is 0. The molecule has 2 N–H and O–H groups in total. The number of aryl methyl sites for hydroxylation is 1. The van der Waals surface area contributed by atoms with Gasteiger partial charge in [0.25, 0.3) is 0 Å². The fraction of sp³-hybridized carbons (Fsp3) is 0.545. The molecule has 4 heteroatoms. The van der Waals surface area contributed by atoms with Crippen LogP contribution in [0.4, 0.5) is 0 Å². The van der Waals surface area contributed by atoms with Gasteiger partial charge in [-0.15, -0.1) is 0 Å². The second kappa shape index (κ2) is 4.98. The molecular formula is C11H17NO3. The third kappa shape index (κ3) is 2.59. The van der Waals surface area contributed by atoms with E-state index in [2.05, 4.69) is 0 Å². The van der Waals surface area contributed by atoms with Crippen molar-refractivity contribution in [3.63, 3.8) is 0 Å². The third-order valence-corrected chi connectivity index (χ3v) is 2.47. The van der Waals surface area contributed by atoms with Crippen LogP contribution >= 0.6 is 0 Å². The van der Waals surface area contributed by atoms with Crippen LogP contribution in [-0.4, -0.2) is 13.1 Å². The zero-order valence-corrected chi connectivity index (χ0v) is 9.32. The Bertz CT molecular complexity index is 332. The summed E-state index contributed by atoms with van der Waals surface area (Å²) < 4.78 is 10.1. The second-order valence-corrected chi connectivity index (χ2v) is 3.51. The van der Waals surface area contributed by atoms with Crippen molar-refractivity contribution in [3.8, 4) is 0 Å². The van der Waals surface area contributed by atoms with E-state index in [9.17, 15) is 4.79 Å². The summed E-state index contributed by atoms with van der Waals surface area (Å²) in [6.45, 7) is 3.74. The molecule has 0 radical (unpaired) electrons. The minimum Gasteiger partial charge on any atom is -0.469 e. The summed E-state index contributed by atoms with van der Waals surface area (Å²) >= 11 is 0. The Morgan fingerprint density at radius 3 is 2.67 bits per heavy atom. The molecule has 0 aliphatic rings. The monoisotopic (exact) mass is 211 g/mol. The van der Waals surface area contributed by atoms with Crippen LogP contribution in [0.2, 0.25) is 0 Å². The molecule has 0 saturated heterocycles. The van der Waals surface area contributed by atoms with Gasteiger partial charge in [0, 0.05) is 0 Å². The van der Waals surface area contributed by atoms with Gasteiger partial charge in [0.15, 0.2) is 0 Å². The number of esters is 1. The summed E-state index contributed by atoms with van der Waals surface area (Å²) in [5.41, 5.74) is 5.94. The number of carbonyl (C=O) groups is 1. The molecule has 0 fully saturated rings. The van der Waals surface area contributed by atoms with E-state index in [4.69, 9.17) is 14.9 Å². The standard InChI is InChI=1S/C11H17NO3/c1-4-8(11(13)14-3)10(12)9-6-5-7(2)15-9/h5-6,8,10H,4,12H2,1-3H3. The van der Waals surface area contributed by atoms with E-state index < -0.39 is 6.04 Å². The average molecular weight is 211 g/mol. The molecule has 0 amide bonds. The lowest BCUT2D eigenvalue weighted by molar-refractivity contribution is -0.146. The van der Waals surface area contributed by atoms with Gasteiger partial charge in [-0.2, -0.15) is 0 Å². The maximum atomic E-state index is 11.4. The van der Waals surface area contributed by atoms with Gasteiger partial charge in [0.05, 0.1) is 19.1 Å². The van der Waals surface area contributed by atoms with Crippen molar-refractivity contribution < 1.29 is 13.9 Å². The highest BCUT2D eigenvalue weighted by Gasteiger charge is 2.27. The highest BCUT2D eigenvalue weighted by molar-refractivity contribution is 5.73. The van der Waals surface area contributed by atoms with E-state index in [-0.39, 0.29) is 11.9 Å². The SMILES string of the molecule is CCC(C(=O)OC)C(N)c1ccc(C)o1. The van der Waals surface area contributed by atoms with Crippen molar-refractivity contribution >= 4 is 5.97 Å². The quantitative estimate of drug-likeness (QED) is 0.771. The molecular weight excluding hydrogens is 194 g/mol. The van der Waals surface area contributed by atoms with Gasteiger partial charge in [-0.3, -0.25) is 4.79 Å². The van der Waals surface area contributed by atoms with Gasteiger partial charge in [-0.25, -0.2) is 0 Å². The van der Waals surface area contributed by atoms with Crippen LogP contribution in [0.3, 0.4) is 0 Å². The first-order valence-electron chi connectivity index (χ1n) is 4.99. The normalized spacial score (nSPS) is 14.7. The largest absolute Gasteiger partial charge is 0.469 e. The van der Waals surface area contributed by atoms with Crippen LogP contribution in [-0.2, 0) is 9.53 Å². The van der Waals surface area contributed by atoms with Gasteiger partial charge >= 0.3 is 5.97 Å². The molecule has 1 aromatic heterocycles. The van der Waals surface area contributed by atoms with Crippen LogP contribution in [0.5, 0.6) is 0 Å². The molecule has 1 rings (SSSR count). The van der Waals surface area contributed by atoms with Crippen molar-refractivity contribution in [1.82, 2.24) is 0 Å². The number of methoxy groups -OCH3 is 1. The van der Waals surface area contributed by atoms with Crippen LogP contribution in [0.15, 0.2) is 16.5 Å². The second-order valence-electron chi connectivity index (χ2n) is 3.51. The smallest absolute Gasteiger partial charge is 0.310 e. The Morgan fingerprint density at radius 2 is 2.27 bits per heavy atom. The zero-order valence-electron chi connectivity index (χ0n) is 9.32. The molecule has 15 heavy (non-hydrogen) atoms. The molecule has 0 bridgehead atoms. The number of rotatable bonds is 4. The molecule has 0 saturated carbocycles. The molecule has 0 aliphatic carbocycles. The molecule has 1 aromatic rings. The number of ether oxygens (including phenoxy) is 1. The summed E-state index contributed by atoms with van der Waals surface area (Å²) in [4.78, 5) is 11.4. The van der Waals surface area contributed by atoms with Gasteiger partial charge in [-0.05, 0) is 25.5 Å². The van der Waals surface area contributed by atoms with Gasteiger partial charge in [0.2, 0.25) is 0 Å². The van der Waals surface area contributed by atoms with E-state index in [1.165, 1.54) is 7.11 Å². The lowest BCUT2D eigenvalue weighted by Crippen LogP contribution is -2.28. The van der Waals surface area contributed by atoms with Crippen LogP contribution in [0, 0.1) is 12.8 Å². The molecule has 2 unspecified atom stereocenters. The van der Waals surface area contributed by atoms with Gasteiger partial charge in [0.1, 0.15) is 11.5 Å². The summed E-state index contributed by atoms with van der Waals surface area (Å²) in [7, 11) is 1.37. The summed E-state index contributed by atoms with van der Waals surface area (Å²) in [6, 6.07) is 3.20. The molecule has 4 nitrogen and oxygen atoms in total. The third-order valence-electron chi connectivity index (χ3n) is 2.47. The van der Waals surface area contributed by atoms with Crippen molar-refractivity contribution in [3.05, 3.63) is 23.7 Å². The molecule has 1 heterocycles.